The molecule has 0 saturated carbocycles. The lowest BCUT2D eigenvalue weighted by molar-refractivity contribution is -0.170. The summed E-state index contributed by atoms with van der Waals surface area (Å²) in [5, 5.41) is 33.8. The molecule has 1 fully saturated rings. The van der Waals surface area contributed by atoms with Crippen molar-refractivity contribution in [3.8, 4) is 0 Å². The van der Waals surface area contributed by atoms with E-state index in [1.165, 1.54) is 11.3 Å². The summed E-state index contributed by atoms with van der Waals surface area (Å²) in [6, 6.07) is 16.6. The molecular weight excluding hydrogens is 520 g/mol. The molecule has 1 aromatic carbocycles. The summed E-state index contributed by atoms with van der Waals surface area (Å²) in [5.74, 6) is -5.02. The molecule has 1 aliphatic rings. The molecule has 0 spiro atoms. The predicted molar refractivity (Wildman–Crippen MR) is 142 cm³/mol. The molecule has 214 valence electrons. The van der Waals surface area contributed by atoms with Crippen LogP contribution >= 0.6 is 0 Å². The van der Waals surface area contributed by atoms with E-state index < -0.39 is 36.4 Å². The van der Waals surface area contributed by atoms with Crippen molar-refractivity contribution in [2.45, 2.75) is 57.0 Å². The first-order chi connectivity index (χ1) is 19.1. The van der Waals surface area contributed by atoms with Crippen LogP contribution in [-0.2, 0) is 38.8 Å². The number of benzene rings is 1. The number of ether oxygens (including phenoxy) is 1. The molecule has 1 unspecified atom stereocenters. The zero-order valence-corrected chi connectivity index (χ0v) is 22.0. The first-order valence-electron chi connectivity index (χ1n) is 12.8. The Morgan fingerprint density at radius 1 is 1.00 bits per heavy atom. The van der Waals surface area contributed by atoms with Crippen LogP contribution < -0.4 is 0 Å². The Hall–Kier alpha value is -4.13. The lowest BCUT2D eigenvalue weighted by Gasteiger charge is -2.25. The van der Waals surface area contributed by atoms with E-state index in [0.717, 1.165) is 51.3 Å². The van der Waals surface area contributed by atoms with Gasteiger partial charge in [-0.1, -0.05) is 36.4 Å². The van der Waals surface area contributed by atoms with E-state index in [1.807, 2.05) is 30.9 Å². The molecule has 2 aromatic heterocycles. The Balaban J connectivity index is 0.000000289. The fourth-order valence-electron chi connectivity index (χ4n) is 4.33. The average Bonchev–Trinajstić information content (AvgIpc) is 3.57. The quantitative estimate of drug-likeness (QED) is 0.244. The van der Waals surface area contributed by atoms with Crippen LogP contribution in [-0.4, -0.2) is 82.6 Å². The van der Waals surface area contributed by atoms with E-state index in [4.69, 9.17) is 25.2 Å². The summed E-state index contributed by atoms with van der Waals surface area (Å²) in [6.45, 7) is 4.30. The summed E-state index contributed by atoms with van der Waals surface area (Å²) in [5.41, 5.74) is 0.849. The second-order valence-electron chi connectivity index (χ2n) is 9.60. The van der Waals surface area contributed by atoms with Crippen LogP contribution in [0.2, 0.25) is 0 Å². The van der Waals surface area contributed by atoms with Gasteiger partial charge in [0.15, 0.2) is 5.60 Å². The molecule has 3 heterocycles. The number of rotatable bonds is 13. The van der Waals surface area contributed by atoms with Crippen molar-refractivity contribution in [2.24, 2.45) is 0 Å². The molecule has 0 bridgehead atoms. The number of hydrogen-bond acceptors (Lipinski definition) is 8. The van der Waals surface area contributed by atoms with Crippen LogP contribution in [0.15, 0.2) is 67.3 Å². The van der Waals surface area contributed by atoms with Gasteiger partial charge in [-0.2, -0.15) is 0 Å². The predicted octanol–water partition coefficient (Wildman–Crippen LogP) is 2.26. The molecule has 40 heavy (non-hydrogen) atoms. The summed E-state index contributed by atoms with van der Waals surface area (Å²) in [4.78, 5) is 41.8. The highest BCUT2D eigenvalue weighted by atomic mass is 16.5. The standard InChI is InChI=1S/C22H26N4O.C6H8O7/c1-2-7-19(8-3-1)14-26-18-23-13-21(26)16-25(17-22-10-6-12-27-22)15-20-9-4-5-11-24-20;7-3(8)1-6(13,5(11)12)2-4(9)10/h1-5,7-9,11,13,18,22H,6,10,12,14-17H2;13H,1-2H2,(H,7,8)(H,9,10)(H,11,12). The van der Waals surface area contributed by atoms with E-state index in [2.05, 4.69) is 55.8 Å². The SMILES string of the molecule is O=C(O)CC(O)(CC(=O)O)C(=O)O.c1ccc(Cn2cncc2CN(Cc2ccccn2)CC2CCCO2)cc1. The van der Waals surface area contributed by atoms with Crippen molar-refractivity contribution < 1.29 is 39.5 Å². The number of carboxylic acid groups (broad SMARTS) is 3. The van der Waals surface area contributed by atoms with Crippen molar-refractivity contribution in [2.75, 3.05) is 13.2 Å². The molecule has 1 saturated heterocycles. The van der Waals surface area contributed by atoms with E-state index >= 15 is 0 Å². The maximum absolute atomic E-state index is 10.3. The van der Waals surface area contributed by atoms with Gasteiger partial charge in [-0.05, 0) is 30.5 Å². The zero-order valence-electron chi connectivity index (χ0n) is 22.0. The molecule has 4 N–H and O–H groups in total. The molecular formula is C28H34N4O8. The van der Waals surface area contributed by atoms with Crippen molar-refractivity contribution in [1.82, 2.24) is 19.4 Å². The smallest absolute Gasteiger partial charge is 0.336 e. The third-order valence-corrected chi connectivity index (χ3v) is 6.26. The lowest BCUT2D eigenvalue weighted by Crippen LogP contribution is -2.42. The van der Waals surface area contributed by atoms with Gasteiger partial charge < -0.3 is 29.7 Å². The Kier molecular flexibility index (Phi) is 11.3. The topological polar surface area (TPSA) is 175 Å². The maximum Gasteiger partial charge on any atom is 0.336 e. The highest BCUT2D eigenvalue weighted by Gasteiger charge is 2.40. The van der Waals surface area contributed by atoms with Gasteiger partial charge in [-0.3, -0.25) is 19.5 Å². The molecule has 12 nitrogen and oxygen atoms in total. The van der Waals surface area contributed by atoms with Crippen molar-refractivity contribution in [3.05, 3.63) is 84.2 Å². The highest BCUT2D eigenvalue weighted by molar-refractivity contribution is 5.88. The molecule has 0 amide bonds. The molecule has 4 rings (SSSR count). The van der Waals surface area contributed by atoms with E-state index in [0.29, 0.717) is 6.10 Å². The fraction of sp³-hybridized carbons (Fsp3) is 0.393. The Labute approximate surface area is 231 Å². The summed E-state index contributed by atoms with van der Waals surface area (Å²) in [7, 11) is 0. The number of pyridine rings is 1. The van der Waals surface area contributed by atoms with Crippen LogP contribution in [0.3, 0.4) is 0 Å². The lowest BCUT2D eigenvalue weighted by atomic mass is 9.96. The normalized spacial score (nSPS) is 14.9. The highest BCUT2D eigenvalue weighted by Crippen LogP contribution is 2.18. The second-order valence-corrected chi connectivity index (χ2v) is 9.60. The summed E-state index contributed by atoms with van der Waals surface area (Å²) in [6.07, 6.45) is 6.09. The van der Waals surface area contributed by atoms with Crippen LogP contribution in [0.25, 0.3) is 0 Å². The minimum Gasteiger partial charge on any atom is -0.481 e. The van der Waals surface area contributed by atoms with Crippen LogP contribution in [0, 0.1) is 0 Å². The van der Waals surface area contributed by atoms with Crippen LogP contribution in [0.5, 0.6) is 0 Å². The molecule has 1 aliphatic heterocycles. The zero-order chi connectivity index (χ0) is 29.0. The van der Waals surface area contributed by atoms with E-state index in [-0.39, 0.29) is 0 Å². The first kappa shape index (κ1) is 30.4. The Morgan fingerprint density at radius 3 is 2.27 bits per heavy atom. The average molecular weight is 555 g/mol. The molecule has 0 aliphatic carbocycles. The van der Waals surface area contributed by atoms with Crippen LogP contribution in [0.4, 0.5) is 0 Å². The maximum atomic E-state index is 10.3. The third-order valence-electron chi connectivity index (χ3n) is 6.26. The Bertz CT molecular complexity index is 1210. The third kappa shape index (κ3) is 9.88. The van der Waals surface area contributed by atoms with E-state index in [9.17, 15) is 14.4 Å². The number of aromatic nitrogens is 3. The van der Waals surface area contributed by atoms with Crippen LogP contribution in [0.1, 0.15) is 42.6 Å². The Morgan fingerprint density at radius 2 is 1.70 bits per heavy atom. The number of nitrogens with zero attached hydrogens (tertiary/aromatic N) is 4. The van der Waals surface area contributed by atoms with Gasteiger partial charge in [0.1, 0.15) is 0 Å². The monoisotopic (exact) mass is 554 g/mol. The van der Waals surface area contributed by atoms with Gasteiger partial charge >= 0.3 is 17.9 Å². The minimum atomic E-state index is -2.74. The largest absolute Gasteiger partial charge is 0.481 e. The van der Waals surface area contributed by atoms with Crippen molar-refractivity contribution >= 4 is 17.9 Å². The van der Waals surface area contributed by atoms with Crippen molar-refractivity contribution in [1.29, 1.82) is 0 Å². The van der Waals surface area contributed by atoms with Gasteiger partial charge in [0.05, 0.1) is 36.7 Å². The molecule has 12 heteroatoms. The number of carboxylic acids is 3. The minimum absolute atomic E-state index is 0.319. The van der Waals surface area contributed by atoms with E-state index in [1.54, 1.807) is 0 Å². The molecule has 1 atom stereocenters. The second kappa shape index (κ2) is 14.9. The number of aliphatic hydroxyl groups is 1. The van der Waals surface area contributed by atoms with Gasteiger partial charge in [-0.15, -0.1) is 0 Å². The van der Waals surface area contributed by atoms with Gasteiger partial charge in [-0.25, -0.2) is 9.78 Å². The number of imidazole rings is 1. The van der Waals surface area contributed by atoms with Gasteiger partial charge in [0.25, 0.3) is 0 Å². The van der Waals surface area contributed by atoms with Gasteiger partial charge in [0, 0.05) is 45.2 Å². The summed E-state index contributed by atoms with van der Waals surface area (Å²) < 4.78 is 8.11. The number of carbonyl (C=O) groups is 3. The number of aliphatic carboxylic acids is 3. The van der Waals surface area contributed by atoms with Gasteiger partial charge in [0.2, 0.25) is 0 Å². The number of hydrogen-bond donors (Lipinski definition) is 4. The fourth-order valence-corrected chi connectivity index (χ4v) is 4.33. The first-order valence-corrected chi connectivity index (χ1v) is 12.8. The molecule has 0 radical (unpaired) electrons. The molecule has 3 aromatic rings. The summed E-state index contributed by atoms with van der Waals surface area (Å²) >= 11 is 0. The van der Waals surface area contributed by atoms with Crippen molar-refractivity contribution in [3.63, 3.8) is 0 Å².